The summed E-state index contributed by atoms with van der Waals surface area (Å²) in [4.78, 5) is 158. The second-order valence-electron chi connectivity index (χ2n) is 37.1. The number of nitrogens with one attached hydrogen (secondary N) is 3. The molecule has 3 saturated heterocycles. The van der Waals surface area contributed by atoms with Crippen LogP contribution in [-0.4, -0.2) is 268 Å². The van der Waals surface area contributed by atoms with E-state index in [1.54, 1.807) is 98.4 Å². The molecule has 6 aliphatic rings. The predicted octanol–water partition coefficient (Wildman–Crippen LogP) is 16.0. The second kappa shape index (κ2) is 51.3. The van der Waals surface area contributed by atoms with Crippen molar-refractivity contribution >= 4 is 156 Å². The van der Waals surface area contributed by atoms with Gasteiger partial charge in [-0.2, -0.15) is 15.0 Å². The molecule has 7 unspecified atom stereocenters. The number of methoxy groups -OCH3 is 6. The number of ether oxygens (including phenoxy) is 6. The molecular weight excluding hydrogens is 1980 g/mol. The Morgan fingerprint density at radius 3 is 1.17 bits per heavy atom. The molecule has 0 radical (unpaired) electrons. The Morgan fingerprint density at radius 1 is 0.441 bits per heavy atom. The summed E-state index contributed by atoms with van der Waals surface area (Å²) in [5, 5.41) is 13.2. The van der Waals surface area contributed by atoms with Gasteiger partial charge in [-0.25, -0.2) is 15.0 Å². The van der Waals surface area contributed by atoms with Gasteiger partial charge in [-0.15, -0.1) is 0 Å². The Kier molecular flexibility index (Phi) is 38.9. The largest absolute Gasteiger partial charge is 0.495 e. The molecule has 6 aromatic heterocycles. The van der Waals surface area contributed by atoms with E-state index in [-0.39, 0.29) is 164 Å². The van der Waals surface area contributed by atoms with E-state index in [4.69, 9.17) is 113 Å². The summed E-state index contributed by atoms with van der Waals surface area (Å²) in [7, 11) is 14.7. The number of carbonyl (C=O) groups excluding carboxylic acids is 6. The van der Waals surface area contributed by atoms with Crippen LogP contribution >= 0.6 is 69.6 Å². The number of fused-ring (bicyclic) bond motifs is 3. The fourth-order valence-electron chi connectivity index (χ4n) is 19.8. The summed E-state index contributed by atoms with van der Waals surface area (Å²) < 4.78 is 37.8. The molecule has 39 heteroatoms. The first-order chi connectivity index (χ1) is 69.8. The number of likely N-dealkylation sites (N-methyl/N-ethyl adjacent to an activating group) is 2. The van der Waals surface area contributed by atoms with E-state index >= 15 is 0 Å². The average Bonchev–Trinajstić information content (AvgIpc) is 0.770. The van der Waals surface area contributed by atoms with Crippen LogP contribution in [0, 0.1) is 47.4 Å². The van der Waals surface area contributed by atoms with Crippen molar-refractivity contribution in [1.82, 2.24) is 73.0 Å². The molecule has 145 heavy (non-hydrogen) atoms. The topological polar surface area (TPSA) is 357 Å². The van der Waals surface area contributed by atoms with Crippen LogP contribution in [0.3, 0.4) is 0 Å². The Hall–Kier alpha value is -12.2. The summed E-state index contributed by atoms with van der Waals surface area (Å²) in [6, 6.07) is 9.58. The van der Waals surface area contributed by atoms with Crippen LogP contribution in [0.1, 0.15) is 117 Å². The molecule has 3 amide bonds. The van der Waals surface area contributed by atoms with E-state index in [9.17, 15) is 43.2 Å². The number of anilines is 3. The van der Waals surface area contributed by atoms with Gasteiger partial charge in [-0.05, 0) is 158 Å². The highest BCUT2D eigenvalue weighted by Gasteiger charge is 2.37. The van der Waals surface area contributed by atoms with Gasteiger partial charge in [0, 0.05) is 211 Å². The number of amides is 3. The molecule has 0 bridgehead atoms. The van der Waals surface area contributed by atoms with Crippen LogP contribution in [0.5, 0.6) is 34.5 Å². The molecular formula is C106H124Cl6N18O15. The van der Waals surface area contributed by atoms with Gasteiger partial charge in [0.05, 0.1) is 89.5 Å². The summed E-state index contributed by atoms with van der Waals surface area (Å²) in [5.74, 6) is 13.7. The van der Waals surface area contributed by atoms with Gasteiger partial charge in [0.2, 0.25) is 23.8 Å². The number of rotatable bonds is 34. The lowest BCUT2D eigenvalue weighted by molar-refractivity contribution is -0.128. The summed E-state index contributed by atoms with van der Waals surface area (Å²) in [6.45, 7) is 21.3. The molecule has 3 aliphatic heterocycles. The van der Waals surface area contributed by atoms with Gasteiger partial charge < -0.3 is 64.0 Å². The number of hydrogen-bond acceptors (Lipinski definition) is 27. The van der Waals surface area contributed by atoms with Gasteiger partial charge in [0.25, 0.3) is 28.5 Å². The Balaban J connectivity index is 0.000000182. The molecule has 9 aromatic rings. The number of pyridine rings is 3. The van der Waals surface area contributed by atoms with Crippen molar-refractivity contribution in [1.29, 1.82) is 0 Å². The summed E-state index contributed by atoms with van der Waals surface area (Å²) >= 11 is 40.7. The Labute approximate surface area is 873 Å². The van der Waals surface area contributed by atoms with Crippen LogP contribution in [0.2, 0.25) is 30.1 Å². The van der Waals surface area contributed by atoms with Crippen molar-refractivity contribution in [2.75, 3.05) is 152 Å². The second-order valence-corrected chi connectivity index (χ2v) is 39.4. The van der Waals surface area contributed by atoms with Gasteiger partial charge in [0.15, 0.2) is 17.3 Å². The van der Waals surface area contributed by atoms with Gasteiger partial charge in [-0.1, -0.05) is 139 Å². The van der Waals surface area contributed by atoms with E-state index in [0.29, 0.717) is 195 Å². The van der Waals surface area contributed by atoms with Crippen LogP contribution in [0.15, 0.2) is 119 Å². The van der Waals surface area contributed by atoms with E-state index in [1.165, 1.54) is 60.9 Å². The molecule has 15 rings (SSSR count). The number of benzene rings is 3. The number of piperidine rings is 1. The first kappa shape index (κ1) is 110. The number of halogens is 6. The molecule has 9 heterocycles. The maximum absolute atomic E-state index is 14.6. The molecule has 3 N–H and O–H groups in total. The minimum atomic E-state index is -0.386. The highest BCUT2D eigenvalue weighted by Crippen LogP contribution is 2.50. The van der Waals surface area contributed by atoms with Crippen molar-refractivity contribution in [3.8, 4) is 91.6 Å². The Bertz CT molecular complexity index is 6650. The molecule has 7 atom stereocenters. The monoisotopic (exact) mass is 2100 g/mol. The fourth-order valence-corrected chi connectivity index (χ4v) is 21.9. The smallest absolute Gasteiger partial charge is 0.298 e. The Morgan fingerprint density at radius 2 is 0.793 bits per heavy atom. The summed E-state index contributed by atoms with van der Waals surface area (Å²) in [5.41, 5.74) is 1.86. The number of allylic oxidation sites excluding steroid dienone is 3. The zero-order valence-electron chi connectivity index (χ0n) is 83.6. The lowest BCUT2D eigenvalue weighted by Gasteiger charge is -2.39. The van der Waals surface area contributed by atoms with E-state index in [2.05, 4.69) is 84.1 Å². The number of piperazine rings is 2. The first-order valence-corrected chi connectivity index (χ1v) is 50.8. The van der Waals surface area contributed by atoms with Gasteiger partial charge in [0.1, 0.15) is 51.4 Å². The molecule has 0 spiro atoms. The number of nitrogens with zero attached hydrogens (tertiary/aromatic N) is 15. The number of carbonyl (C=O) groups is 6. The lowest BCUT2D eigenvalue weighted by atomic mass is 9.81. The number of likely N-dealkylation sites (tertiary alicyclic amines) is 1. The van der Waals surface area contributed by atoms with Crippen LogP contribution < -0.4 is 61.0 Å². The zero-order valence-corrected chi connectivity index (χ0v) is 88.2. The highest BCUT2D eigenvalue weighted by molar-refractivity contribution is 6.43. The minimum absolute atomic E-state index is 0.00886. The third kappa shape index (κ3) is 26.3. The maximum Gasteiger partial charge on any atom is 0.298 e. The predicted molar refractivity (Wildman–Crippen MR) is 570 cm³/mol. The van der Waals surface area contributed by atoms with Gasteiger partial charge >= 0.3 is 0 Å². The SMILES string of the molecule is C=CC(=O)CC1CCCC1Nc1ncc2cc(-c3c(Cl)c(OC)cc(OC)c3Cl)c(=O)n(CCN3CCN(C(=O)C#CC)CC3)c2n1.C=CC(=O)CC1CCCCC1Nc1ncc2cc(-c3c(Cl)c(OC)cc(OC)c3Cl)c(=O)n(CC3CCN(C(=O)/C=C/CN(C)C)CC3)c2n1.C=CC(=O)CC1CCCCC1Nc1ncc2cc(-c3c(Cl)c(OC)cc(OC)c3Cl)c(=O)n(CC3CN(C(=O)C#CC)CCN3C)c2n1. The number of hydrogen-bond donors (Lipinski definition) is 3. The van der Waals surface area contributed by atoms with Gasteiger partial charge in [-0.3, -0.25) is 66.7 Å². The van der Waals surface area contributed by atoms with Crippen LogP contribution in [0.25, 0.3) is 66.5 Å². The first-order valence-electron chi connectivity index (χ1n) is 48.6. The number of aromatic nitrogens is 9. The highest BCUT2D eigenvalue weighted by atomic mass is 35.5. The standard InChI is InChI=1S/C37H46Cl2N6O5.C35H40Cl2N6O5.C34H38Cl2N6O5/c1-6-26(46)18-24-10-7-8-11-28(24)41-37-40-21-25-19-27(32-33(38)29(49-4)20-30(50-5)34(32)39)36(48)45(35(25)42-37)22-23-13-16-44(17-14-23)31(47)12-9-15-43(2)3;1-6-10-29(45)42-14-13-41(3)23(19-42)20-43-33-22(16-25(34(43)46)30-31(36)27(47-4)17-28(48-5)32(30)37)18-38-35(40-33)39-26-12-9-8-11-21(26)15-24(44)7-2;1-5-8-28(44)41-14-11-40(12-15-41)13-16-42-32-22(20-37-34(39-32)38-25-10-7-9-21(25)17-23(43)6-2)18-24(33(42)45)29-30(35)26(46-3)19-27(47-4)31(29)36/h6,9,12,19-21,23-24,28H,1,7-8,10-11,13-18,22H2,2-5H3,(H,40,41,42);7,16-18,21,23,26H,2,8-9,11-15,19-20H2,1,3-5H3,(H,38,39,40);6,18-21,25H,2,7,9-17H2,1,3-4H3,(H,37,38,39)/b12-9+;;. The summed E-state index contributed by atoms with van der Waals surface area (Å²) in [6.07, 6.45) is 25.9. The fraction of sp³-hybridized carbons (Fsp3) is 0.462. The zero-order chi connectivity index (χ0) is 104. The quantitative estimate of drug-likeness (QED) is 0.0249. The normalized spacial score (nSPS) is 18.7. The molecule has 33 nitrogen and oxygen atoms in total. The van der Waals surface area contributed by atoms with Crippen molar-refractivity contribution < 1.29 is 57.2 Å². The molecule has 770 valence electrons. The maximum atomic E-state index is 14.6. The third-order valence-corrected chi connectivity index (χ3v) is 30.1. The van der Waals surface area contributed by atoms with E-state index in [0.717, 1.165) is 83.5 Å². The minimum Gasteiger partial charge on any atom is -0.495 e. The van der Waals surface area contributed by atoms with Crippen molar-refractivity contribution in [2.45, 2.75) is 160 Å². The number of ketones is 3. The van der Waals surface area contributed by atoms with E-state index in [1.807, 2.05) is 37.0 Å². The average molecular weight is 2100 g/mol. The van der Waals surface area contributed by atoms with Crippen molar-refractivity contribution in [3.05, 3.63) is 166 Å². The molecule has 3 aliphatic carbocycles. The van der Waals surface area contributed by atoms with Crippen molar-refractivity contribution in [3.63, 3.8) is 0 Å². The molecule has 3 saturated carbocycles. The third-order valence-electron chi connectivity index (χ3n) is 27.8. The van der Waals surface area contributed by atoms with E-state index < -0.39 is 0 Å². The van der Waals surface area contributed by atoms with Crippen LogP contribution in [0.4, 0.5) is 17.8 Å². The van der Waals surface area contributed by atoms with Crippen LogP contribution in [-0.2, 0) is 48.4 Å². The molecule has 6 fully saturated rings. The molecule has 3 aromatic carbocycles. The van der Waals surface area contributed by atoms with Crippen molar-refractivity contribution in [2.24, 2.45) is 23.7 Å². The lowest BCUT2D eigenvalue weighted by Crippen LogP contribution is -2.55.